The van der Waals surface area contributed by atoms with Gasteiger partial charge < -0.3 is 23.5 Å². The average Bonchev–Trinajstić information content (AvgIpc) is 2.70. The molecule has 0 fully saturated rings. The van der Waals surface area contributed by atoms with Crippen LogP contribution in [-0.2, 0) is 42.7 Å². The van der Waals surface area contributed by atoms with Gasteiger partial charge in [0.15, 0.2) is 0 Å². The number of hydroxylamine groups is 2. The second kappa shape index (κ2) is 12.1. The fourth-order valence-electron chi connectivity index (χ4n) is 2.21. The van der Waals surface area contributed by atoms with Gasteiger partial charge in [0.25, 0.3) is 0 Å². The van der Waals surface area contributed by atoms with Crippen molar-refractivity contribution in [2.45, 2.75) is 33.5 Å². The highest BCUT2D eigenvalue weighted by molar-refractivity contribution is 6.69. The molecular weight excluding hydrogens is 414 g/mol. The van der Waals surface area contributed by atoms with Gasteiger partial charge in [-0.1, -0.05) is 0 Å². The number of carbonyl (C=O) groups is 4. The molecule has 170 valence electrons. The number of hydrogen-bond acceptors (Lipinski definition) is 10. The highest BCUT2D eigenvalue weighted by Gasteiger charge is 2.30. The molecule has 0 aromatic carbocycles. The van der Waals surface area contributed by atoms with Gasteiger partial charge >= 0.3 is 23.9 Å². The molecule has 0 saturated heterocycles. The van der Waals surface area contributed by atoms with E-state index in [0.29, 0.717) is 0 Å². The third-order valence-electron chi connectivity index (χ3n) is 3.80. The molecule has 2 atom stereocenters. The van der Waals surface area contributed by atoms with Crippen molar-refractivity contribution in [2.75, 3.05) is 28.4 Å². The summed E-state index contributed by atoms with van der Waals surface area (Å²) < 4.78 is 24.8. The first kappa shape index (κ1) is 27.3. The van der Waals surface area contributed by atoms with E-state index in [1.807, 2.05) is 19.6 Å². The van der Waals surface area contributed by atoms with Crippen LogP contribution in [0.2, 0.25) is 19.6 Å². The molecule has 2 unspecified atom stereocenters. The summed E-state index contributed by atoms with van der Waals surface area (Å²) in [5.74, 6) is -4.87. The molecule has 0 heterocycles. The fraction of sp³-hybridized carbons (Fsp3) is 0.579. The second-order valence-electron chi connectivity index (χ2n) is 7.21. The Morgan fingerprint density at radius 2 is 1.03 bits per heavy atom. The number of rotatable bonds is 10. The second-order valence-corrected chi connectivity index (χ2v) is 11.6. The Morgan fingerprint density at radius 1 is 0.700 bits per heavy atom. The molecule has 0 saturated carbocycles. The van der Waals surface area contributed by atoms with Gasteiger partial charge in [0.05, 0.1) is 51.4 Å². The summed E-state index contributed by atoms with van der Waals surface area (Å²) in [7, 11) is 2.43. The molecule has 0 N–H and O–H groups in total. The third kappa shape index (κ3) is 8.37. The number of esters is 4. The molecule has 11 heteroatoms. The summed E-state index contributed by atoms with van der Waals surface area (Å²) in [4.78, 5) is 48.5. The molecule has 0 aliphatic carbocycles. The van der Waals surface area contributed by atoms with E-state index in [9.17, 15) is 19.2 Å². The maximum atomic E-state index is 12.3. The van der Waals surface area contributed by atoms with E-state index in [1.54, 1.807) is 0 Å². The Balaban J connectivity index is 6.58. The van der Waals surface area contributed by atoms with Crippen LogP contribution in [0.5, 0.6) is 0 Å². The summed E-state index contributed by atoms with van der Waals surface area (Å²) in [5.41, 5.74) is -0.150. The highest BCUT2D eigenvalue weighted by Crippen LogP contribution is 2.21. The number of carbonyl (C=O) groups excluding carboxylic acids is 4. The van der Waals surface area contributed by atoms with Gasteiger partial charge in [-0.05, 0) is 33.5 Å². The van der Waals surface area contributed by atoms with E-state index in [2.05, 4.69) is 0 Å². The first-order chi connectivity index (χ1) is 13.8. The van der Waals surface area contributed by atoms with Crippen molar-refractivity contribution in [2.24, 2.45) is 11.8 Å². The number of methoxy groups -OCH3 is 4. The Hall–Kier alpha value is -2.66. The molecule has 0 aliphatic heterocycles. The molecule has 0 aromatic rings. The summed E-state index contributed by atoms with van der Waals surface area (Å²) in [5, 5.41) is 1.11. The van der Waals surface area contributed by atoms with Crippen LogP contribution >= 0.6 is 0 Å². The van der Waals surface area contributed by atoms with E-state index in [0.717, 1.165) is 5.06 Å². The average molecular weight is 446 g/mol. The lowest BCUT2D eigenvalue weighted by Gasteiger charge is -2.27. The van der Waals surface area contributed by atoms with Crippen molar-refractivity contribution >= 4 is 32.2 Å². The van der Waals surface area contributed by atoms with Gasteiger partial charge in [0.2, 0.25) is 8.32 Å². The van der Waals surface area contributed by atoms with Crippen LogP contribution < -0.4 is 0 Å². The molecule has 0 aliphatic rings. The van der Waals surface area contributed by atoms with Crippen LogP contribution in [0, 0.1) is 11.8 Å². The maximum Gasteiger partial charge on any atom is 0.336 e. The van der Waals surface area contributed by atoms with E-state index < -0.39 is 44.0 Å². The molecule has 30 heavy (non-hydrogen) atoms. The Bertz CT molecular complexity index is 657. The van der Waals surface area contributed by atoms with Crippen molar-refractivity contribution in [3.63, 3.8) is 0 Å². The standard InChI is InChI=1S/C19H31NO9Si/c1-12(16(21)25-3)14(18(23)27-5)10-20(29-30(7,8)9)11-15(19(24)28-6)13(2)17(22)26-4/h10-13H,1-9H3/b14-10-,15-11-. The third-order valence-corrected chi connectivity index (χ3v) is 4.56. The van der Waals surface area contributed by atoms with Gasteiger partial charge in [-0.2, -0.15) is 0 Å². The van der Waals surface area contributed by atoms with Gasteiger partial charge in [-0.25, -0.2) is 14.7 Å². The Kier molecular flexibility index (Phi) is 11.1. The Morgan fingerprint density at radius 3 is 1.27 bits per heavy atom. The number of nitrogens with zero attached hydrogens (tertiary/aromatic N) is 1. The molecular formula is C19H31NO9Si. The quantitative estimate of drug-likeness (QED) is 0.162. The topological polar surface area (TPSA) is 118 Å². The normalized spacial score (nSPS) is 14.3. The van der Waals surface area contributed by atoms with Gasteiger partial charge in [0.1, 0.15) is 0 Å². The van der Waals surface area contributed by atoms with E-state index in [1.165, 1.54) is 54.7 Å². The number of ether oxygens (including phenoxy) is 4. The summed E-state index contributed by atoms with van der Waals surface area (Å²) in [6, 6.07) is 0. The van der Waals surface area contributed by atoms with Gasteiger partial charge in [0, 0.05) is 12.4 Å². The minimum atomic E-state index is -2.28. The van der Waals surface area contributed by atoms with Crippen molar-refractivity contribution < 1.29 is 42.7 Å². The predicted octanol–water partition coefficient (Wildman–Crippen LogP) is 1.79. The van der Waals surface area contributed by atoms with Crippen molar-refractivity contribution in [3.05, 3.63) is 23.5 Å². The van der Waals surface area contributed by atoms with Crippen LogP contribution in [0.3, 0.4) is 0 Å². The summed E-state index contributed by atoms with van der Waals surface area (Å²) in [6.45, 7) is 8.52. The lowest BCUT2D eigenvalue weighted by atomic mass is 10.0. The van der Waals surface area contributed by atoms with E-state index in [-0.39, 0.29) is 11.1 Å². The minimum absolute atomic E-state index is 0.0752. The smallest absolute Gasteiger partial charge is 0.336 e. The molecule has 0 radical (unpaired) electrons. The first-order valence-corrected chi connectivity index (χ1v) is 12.5. The van der Waals surface area contributed by atoms with Crippen LogP contribution in [-0.4, -0.2) is 65.7 Å². The zero-order chi connectivity index (χ0) is 23.6. The molecule has 0 bridgehead atoms. The molecule has 10 nitrogen and oxygen atoms in total. The van der Waals surface area contributed by atoms with Crippen LogP contribution in [0.15, 0.2) is 23.5 Å². The molecule has 0 spiro atoms. The van der Waals surface area contributed by atoms with Crippen molar-refractivity contribution in [1.82, 2.24) is 5.06 Å². The molecule has 0 aromatic heterocycles. The predicted molar refractivity (Wildman–Crippen MR) is 109 cm³/mol. The molecule has 0 rings (SSSR count). The van der Waals surface area contributed by atoms with Gasteiger partial charge in [-0.3, -0.25) is 9.59 Å². The lowest BCUT2D eigenvalue weighted by molar-refractivity contribution is -0.147. The maximum absolute atomic E-state index is 12.3. The first-order valence-electron chi connectivity index (χ1n) is 9.06. The fourth-order valence-corrected chi connectivity index (χ4v) is 2.94. The largest absolute Gasteiger partial charge is 0.469 e. The lowest BCUT2D eigenvalue weighted by Crippen LogP contribution is -2.34. The van der Waals surface area contributed by atoms with Crippen LogP contribution in [0.1, 0.15) is 13.8 Å². The van der Waals surface area contributed by atoms with Crippen molar-refractivity contribution in [3.8, 4) is 0 Å². The van der Waals surface area contributed by atoms with E-state index in [4.69, 9.17) is 23.5 Å². The zero-order valence-corrected chi connectivity index (χ0v) is 19.9. The monoisotopic (exact) mass is 445 g/mol. The summed E-state index contributed by atoms with van der Waals surface area (Å²) >= 11 is 0. The van der Waals surface area contributed by atoms with Crippen LogP contribution in [0.25, 0.3) is 0 Å². The van der Waals surface area contributed by atoms with Crippen molar-refractivity contribution in [1.29, 1.82) is 0 Å². The Labute approximate surface area is 177 Å². The van der Waals surface area contributed by atoms with Crippen LogP contribution in [0.4, 0.5) is 0 Å². The SMILES string of the molecule is COC(=O)/C(=C\N(/C=C(\C(=O)OC)C(C)C(=O)OC)O[Si](C)(C)C)C(C)C(=O)OC. The molecule has 0 amide bonds. The number of hydrogen-bond donors (Lipinski definition) is 0. The van der Waals surface area contributed by atoms with E-state index >= 15 is 0 Å². The summed E-state index contributed by atoms with van der Waals surface area (Å²) in [6.07, 6.45) is 2.44. The highest BCUT2D eigenvalue weighted by atomic mass is 28.4. The minimum Gasteiger partial charge on any atom is -0.469 e. The zero-order valence-electron chi connectivity index (χ0n) is 18.9. The van der Waals surface area contributed by atoms with Gasteiger partial charge in [-0.15, -0.1) is 0 Å².